The summed E-state index contributed by atoms with van der Waals surface area (Å²) in [4.78, 5) is 0. The first-order valence-electron chi connectivity index (χ1n) is 9.83. The molecule has 0 N–H and O–H groups in total. The highest BCUT2D eigenvalue weighted by molar-refractivity contribution is 5.34. The van der Waals surface area contributed by atoms with Crippen LogP contribution in [0, 0.1) is 23.5 Å². The Balaban J connectivity index is 1.81. The zero-order valence-electron chi connectivity index (χ0n) is 15.5. The Hall–Kier alpha value is -1.26. The maximum absolute atomic E-state index is 15.6. The van der Waals surface area contributed by atoms with Crippen molar-refractivity contribution in [1.29, 1.82) is 0 Å². The second-order valence-corrected chi connectivity index (χ2v) is 7.94. The van der Waals surface area contributed by atoms with Crippen LogP contribution in [0.25, 0.3) is 0 Å². The molecule has 0 aromatic heterocycles. The van der Waals surface area contributed by atoms with Gasteiger partial charge in [0.05, 0.1) is 6.61 Å². The maximum Gasteiger partial charge on any atom is 0.200 e. The fourth-order valence-electron chi connectivity index (χ4n) is 5.00. The smallest absolute Gasteiger partial charge is 0.200 e. The lowest BCUT2D eigenvalue weighted by molar-refractivity contribution is 0.0551. The lowest BCUT2D eigenvalue weighted by Crippen LogP contribution is -2.32. The van der Waals surface area contributed by atoms with Crippen molar-refractivity contribution in [2.45, 2.75) is 76.6 Å². The Labute approximate surface area is 153 Å². The standard InChI is InChI=1S/C21H28F4O/c1-3-5-13-8-9-21(25)12-14(11-16(21)17(22)10-13)15-6-7-18(26-4-2)20(24)19(15)23/h6-7,13-14,16-17H,3-5,8-12H2,1-2H3. The van der Waals surface area contributed by atoms with E-state index in [1.807, 2.05) is 0 Å². The van der Waals surface area contributed by atoms with Gasteiger partial charge in [-0.2, -0.15) is 4.39 Å². The lowest BCUT2D eigenvalue weighted by Gasteiger charge is -2.26. The van der Waals surface area contributed by atoms with Crippen molar-refractivity contribution in [1.82, 2.24) is 0 Å². The highest BCUT2D eigenvalue weighted by Crippen LogP contribution is 2.55. The van der Waals surface area contributed by atoms with Crippen LogP contribution in [0.2, 0.25) is 0 Å². The molecule has 3 rings (SSSR count). The molecule has 0 bridgehead atoms. The van der Waals surface area contributed by atoms with Gasteiger partial charge < -0.3 is 4.74 Å². The molecular formula is C21H28F4O. The Morgan fingerprint density at radius 2 is 1.92 bits per heavy atom. The van der Waals surface area contributed by atoms with Crippen molar-refractivity contribution in [3.63, 3.8) is 0 Å². The third-order valence-electron chi connectivity index (χ3n) is 6.27. The first-order chi connectivity index (χ1) is 12.4. The average Bonchev–Trinajstić information content (AvgIpc) is 2.90. The summed E-state index contributed by atoms with van der Waals surface area (Å²) in [6.07, 6.45) is 2.37. The molecule has 5 atom stereocenters. The van der Waals surface area contributed by atoms with Gasteiger partial charge in [-0.25, -0.2) is 13.2 Å². The summed E-state index contributed by atoms with van der Waals surface area (Å²) in [5, 5.41) is 0. The molecule has 26 heavy (non-hydrogen) atoms. The second-order valence-electron chi connectivity index (χ2n) is 7.94. The molecule has 5 unspecified atom stereocenters. The monoisotopic (exact) mass is 372 g/mol. The van der Waals surface area contributed by atoms with E-state index in [4.69, 9.17) is 4.74 Å². The van der Waals surface area contributed by atoms with Gasteiger partial charge in [0.1, 0.15) is 11.8 Å². The highest BCUT2D eigenvalue weighted by Gasteiger charge is 2.53. The molecule has 2 saturated carbocycles. The highest BCUT2D eigenvalue weighted by atomic mass is 19.2. The van der Waals surface area contributed by atoms with E-state index >= 15 is 4.39 Å². The molecule has 2 aliphatic rings. The number of ether oxygens (including phenoxy) is 1. The summed E-state index contributed by atoms with van der Waals surface area (Å²) < 4.78 is 64.1. The van der Waals surface area contributed by atoms with E-state index in [0.717, 1.165) is 12.8 Å². The summed E-state index contributed by atoms with van der Waals surface area (Å²) in [6.45, 7) is 3.98. The molecule has 0 radical (unpaired) electrons. The quantitative estimate of drug-likeness (QED) is 0.536. The Kier molecular flexibility index (Phi) is 5.83. The maximum atomic E-state index is 15.6. The Bertz CT molecular complexity index is 635. The third kappa shape index (κ3) is 3.59. The van der Waals surface area contributed by atoms with Crippen LogP contribution in [0.15, 0.2) is 12.1 Å². The van der Waals surface area contributed by atoms with Gasteiger partial charge in [0.15, 0.2) is 11.6 Å². The number of rotatable bonds is 5. The van der Waals surface area contributed by atoms with Crippen LogP contribution in [0.3, 0.4) is 0 Å². The van der Waals surface area contributed by atoms with Gasteiger partial charge in [-0.1, -0.05) is 25.8 Å². The summed E-state index contributed by atoms with van der Waals surface area (Å²) >= 11 is 0. The lowest BCUT2D eigenvalue weighted by atomic mass is 9.87. The van der Waals surface area contributed by atoms with E-state index in [2.05, 4.69) is 6.92 Å². The van der Waals surface area contributed by atoms with Gasteiger partial charge in [-0.15, -0.1) is 0 Å². The van der Waals surface area contributed by atoms with E-state index in [9.17, 15) is 13.2 Å². The van der Waals surface area contributed by atoms with Crippen molar-refractivity contribution in [2.24, 2.45) is 11.8 Å². The van der Waals surface area contributed by atoms with Gasteiger partial charge in [0.2, 0.25) is 5.82 Å². The van der Waals surface area contributed by atoms with Crippen LogP contribution >= 0.6 is 0 Å². The summed E-state index contributed by atoms with van der Waals surface area (Å²) in [5.74, 6) is -3.14. The van der Waals surface area contributed by atoms with Crippen molar-refractivity contribution < 1.29 is 22.3 Å². The average molecular weight is 372 g/mol. The topological polar surface area (TPSA) is 9.23 Å². The van der Waals surface area contributed by atoms with Crippen LogP contribution in [-0.2, 0) is 0 Å². The van der Waals surface area contributed by atoms with Crippen molar-refractivity contribution >= 4 is 0 Å². The predicted molar refractivity (Wildman–Crippen MR) is 94.0 cm³/mol. The first-order valence-corrected chi connectivity index (χ1v) is 9.83. The van der Waals surface area contributed by atoms with E-state index < -0.39 is 35.3 Å². The van der Waals surface area contributed by atoms with Gasteiger partial charge in [0.25, 0.3) is 0 Å². The molecule has 1 nitrogen and oxygen atoms in total. The molecule has 2 aliphatic carbocycles. The number of hydrogen-bond acceptors (Lipinski definition) is 1. The van der Waals surface area contributed by atoms with E-state index in [1.54, 1.807) is 6.92 Å². The summed E-state index contributed by atoms with van der Waals surface area (Å²) in [5.41, 5.74) is -1.47. The predicted octanol–water partition coefficient (Wildman–Crippen LogP) is 6.50. The number of hydrogen-bond donors (Lipinski definition) is 0. The molecule has 0 saturated heterocycles. The molecule has 0 spiro atoms. The van der Waals surface area contributed by atoms with Gasteiger partial charge in [-0.3, -0.25) is 0 Å². The molecule has 1 aromatic carbocycles. The van der Waals surface area contributed by atoms with Crippen molar-refractivity contribution in [2.75, 3.05) is 6.61 Å². The minimum atomic E-state index is -1.62. The zero-order chi connectivity index (χ0) is 18.9. The molecule has 5 heteroatoms. The molecule has 2 fully saturated rings. The van der Waals surface area contributed by atoms with E-state index in [-0.39, 0.29) is 36.7 Å². The Morgan fingerprint density at radius 1 is 1.15 bits per heavy atom. The normalized spacial score (nSPS) is 34.4. The Morgan fingerprint density at radius 3 is 2.62 bits per heavy atom. The van der Waals surface area contributed by atoms with Gasteiger partial charge >= 0.3 is 0 Å². The SMILES string of the molecule is CCCC1CCC2(F)CC(c3ccc(OCC)c(F)c3F)CC2C(F)C1. The van der Waals surface area contributed by atoms with Crippen molar-refractivity contribution in [3.05, 3.63) is 29.3 Å². The van der Waals surface area contributed by atoms with Crippen LogP contribution in [0.1, 0.15) is 70.3 Å². The third-order valence-corrected chi connectivity index (χ3v) is 6.27. The number of halogens is 4. The minimum absolute atomic E-state index is 0.0707. The van der Waals surface area contributed by atoms with E-state index in [1.165, 1.54) is 12.1 Å². The largest absolute Gasteiger partial charge is 0.491 e. The number of fused-ring (bicyclic) bond motifs is 1. The molecule has 1 aromatic rings. The van der Waals surface area contributed by atoms with Crippen LogP contribution in [-0.4, -0.2) is 18.4 Å². The van der Waals surface area contributed by atoms with Crippen LogP contribution in [0.4, 0.5) is 17.6 Å². The fourth-order valence-corrected chi connectivity index (χ4v) is 5.00. The second kappa shape index (κ2) is 7.77. The summed E-state index contributed by atoms with van der Waals surface area (Å²) in [7, 11) is 0. The fraction of sp³-hybridized carbons (Fsp3) is 0.714. The molecule has 146 valence electrons. The van der Waals surface area contributed by atoms with Gasteiger partial charge in [-0.05, 0) is 62.5 Å². The summed E-state index contributed by atoms with van der Waals surface area (Å²) in [6, 6.07) is 2.86. The molecule has 0 amide bonds. The minimum Gasteiger partial charge on any atom is -0.491 e. The zero-order valence-corrected chi connectivity index (χ0v) is 15.5. The van der Waals surface area contributed by atoms with Gasteiger partial charge in [0, 0.05) is 5.92 Å². The number of alkyl halides is 2. The van der Waals surface area contributed by atoms with Crippen LogP contribution in [0.5, 0.6) is 5.75 Å². The van der Waals surface area contributed by atoms with E-state index in [0.29, 0.717) is 19.3 Å². The first kappa shape index (κ1) is 19.5. The number of benzene rings is 1. The van der Waals surface area contributed by atoms with Crippen LogP contribution < -0.4 is 4.74 Å². The molecular weight excluding hydrogens is 344 g/mol. The molecule has 0 aliphatic heterocycles. The molecule has 0 heterocycles. The van der Waals surface area contributed by atoms with Crippen molar-refractivity contribution in [3.8, 4) is 5.75 Å².